The molecule has 0 spiro atoms. The maximum absolute atomic E-state index is 11.3. The molecule has 0 N–H and O–H groups in total. The summed E-state index contributed by atoms with van der Waals surface area (Å²) in [5.74, 6) is 1.83. The lowest BCUT2D eigenvalue weighted by molar-refractivity contribution is -0.143. The Morgan fingerprint density at radius 3 is 3.06 bits per heavy atom. The molecule has 0 aromatic heterocycles. The predicted octanol–water partition coefficient (Wildman–Crippen LogP) is 3.25. The van der Waals surface area contributed by atoms with Crippen LogP contribution in [0.15, 0.2) is 29.2 Å². The van der Waals surface area contributed by atoms with Crippen LogP contribution in [0.1, 0.15) is 12.5 Å². The third-order valence-electron chi connectivity index (χ3n) is 2.99. The van der Waals surface area contributed by atoms with Crippen molar-refractivity contribution < 1.29 is 9.53 Å². The first-order chi connectivity index (χ1) is 8.70. The van der Waals surface area contributed by atoms with Crippen LogP contribution in [0.2, 0.25) is 0 Å². The van der Waals surface area contributed by atoms with E-state index in [9.17, 15) is 4.79 Å². The fourth-order valence-electron chi connectivity index (χ4n) is 1.99. The summed E-state index contributed by atoms with van der Waals surface area (Å²) in [6.07, 6.45) is 1.15. The van der Waals surface area contributed by atoms with Crippen LogP contribution < -0.4 is 0 Å². The van der Waals surface area contributed by atoms with E-state index in [1.165, 1.54) is 17.6 Å². The van der Waals surface area contributed by atoms with Gasteiger partial charge in [0.2, 0.25) is 0 Å². The molecule has 98 valence electrons. The number of hydrogen-bond donors (Lipinski definition) is 0. The van der Waals surface area contributed by atoms with Crippen LogP contribution in [0.3, 0.4) is 0 Å². The van der Waals surface area contributed by atoms with E-state index < -0.39 is 0 Å². The summed E-state index contributed by atoms with van der Waals surface area (Å²) < 4.78 is 4.73. The molecule has 0 aliphatic carbocycles. The number of hydrogen-bond acceptors (Lipinski definition) is 4. The molecule has 0 amide bonds. The van der Waals surface area contributed by atoms with E-state index >= 15 is 0 Å². The normalized spacial score (nSPS) is 19.3. The van der Waals surface area contributed by atoms with Crippen molar-refractivity contribution in [3.8, 4) is 0 Å². The number of carbonyl (C=O) groups is 1. The third kappa shape index (κ3) is 3.45. The van der Waals surface area contributed by atoms with Gasteiger partial charge in [0.15, 0.2) is 0 Å². The minimum Gasteiger partial charge on any atom is -0.469 e. The lowest BCUT2D eigenvalue weighted by atomic mass is 10.1. The van der Waals surface area contributed by atoms with Crippen LogP contribution in [0.5, 0.6) is 0 Å². The second kappa shape index (κ2) is 6.53. The Balaban J connectivity index is 1.73. The Morgan fingerprint density at radius 2 is 2.33 bits per heavy atom. The average Bonchev–Trinajstić information content (AvgIpc) is 2.80. The van der Waals surface area contributed by atoms with Gasteiger partial charge in [0.25, 0.3) is 0 Å². The van der Waals surface area contributed by atoms with Crippen molar-refractivity contribution >= 4 is 29.5 Å². The van der Waals surface area contributed by atoms with Gasteiger partial charge in [0, 0.05) is 21.7 Å². The minimum absolute atomic E-state index is 0.00576. The van der Waals surface area contributed by atoms with Crippen LogP contribution in [0, 0.1) is 5.92 Å². The topological polar surface area (TPSA) is 26.3 Å². The van der Waals surface area contributed by atoms with Crippen molar-refractivity contribution in [3.63, 3.8) is 0 Å². The van der Waals surface area contributed by atoms with Gasteiger partial charge in [-0.05, 0) is 18.1 Å². The largest absolute Gasteiger partial charge is 0.469 e. The Hall–Kier alpha value is -0.610. The SMILES string of the molecule is COC(=O)C(C)CSCC1Cc2ccccc2S1. The molecule has 0 saturated heterocycles. The molecule has 2 nitrogen and oxygen atoms in total. The zero-order valence-corrected chi connectivity index (χ0v) is 12.4. The van der Waals surface area contributed by atoms with Gasteiger partial charge >= 0.3 is 5.97 Å². The van der Waals surface area contributed by atoms with Crippen molar-refractivity contribution in [1.29, 1.82) is 0 Å². The Bertz CT molecular complexity index is 395. The molecule has 1 aliphatic heterocycles. The third-order valence-corrected chi connectivity index (χ3v) is 5.89. The van der Waals surface area contributed by atoms with Gasteiger partial charge in [-0.2, -0.15) is 11.8 Å². The lowest BCUT2D eigenvalue weighted by Crippen LogP contribution is -2.16. The molecular weight excluding hydrogens is 264 g/mol. The molecule has 0 bridgehead atoms. The first kappa shape index (κ1) is 13.8. The summed E-state index contributed by atoms with van der Waals surface area (Å²) in [7, 11) is 1.45. The summed E-state index contributed by atoms with van der Waals surface area (Å²) in [5, 5.41) is 0.650. The zero-order valence-electron chi connectivity index (χ0n) is 10.7. The Morgan fingerprint density at radius 1 is 1.56 bits per heavy atom. The van der Waals surface area contributed by atoms with Crippen LogP contribution >= 0.6 is 23.5 Å². The molecule has 0 radical (unpaired) electrons. The molecule has 0 saturated carbocycles. The molecule has 1 heterocycles. The standard InChI is InChI=1S/C14H18O2S2/c1-10(14(15)16-2)8-17-9-12-7-11-5-3-4-6-13(11)18-12/h3-6,10,12H,7-9H2,1-2H3. The summed E-state index contributed by atoms with van der Waals surface area (Å²) in [5.41, 5.74) is 1.47. The minimum atomic E-state index is -0.107. The second-order valence-electron chi connectivity index (χ2n) is 4.51. The Kier molecular flexibility index (Phi) is 5.01. The van der Waals surface area contributed by atoms with Gasteiger partial charge in [-0.15, -0.1) is 11.8 Å². The average molecular weight is 282 g/mol. The number of fused-ring (bicyclic) bond motifs is 1. The van der Waals surface area contributed by atoms with E-state index in [4.69, 9.17) is 4.74 Å². The van der Waals surface area contributed by atoms with Crippen molar-refractivity contribution in [2.75, 3.05) is 18.6 Å². The van der Waals surface area contributed by atoms with E-state index in [1.807, 2.05) is 30.4 Å². The highest BCUT2D eigenvalue weighted by Crippen LogP contribution is 2.38. The molecule has 1 aliphatic rings. The van der Waals surface area contributed by atoms with Crippen LogP contribution in [0.25, 0.3) is 0 Å². The smallest absolute Gasteiger partial charge is 0.309 e. The highest BCUT2D eigenvalue weighted by atomic mass is 32.2. The van der Waals surface area contributed by atoms with Gasteiger partial charge in [0.1, 0.15) is 0 Å². The maximum Gasteiger partial charge on any atom is 0.309 e. The van der Waals surface area contributed by atoms with E-state index in [2.05, 4.69) is 24.3 Å². The van der Waals surface area contributed by atoms with Gasteiger partial charge < -0.3 is 4.74 Å². The summed E-state index contributed by atoms with van der Waals surface area (Å²) in [4.78, 5) is 12.7. The van der Waals surface area contributed by atoms with Crippen LogP contribution in [-0.4, -0.2) is 29.8 Å². The zero-order chi connectivity index (χ0) is 13.0. The summed E-state index contributed by atoms with van der Waals surface area (Å²) in [6, 6.07) is 8.61. The van der Waals surface area contributed by atoms with E-state index in [0.717, 1.165) is 17.9 Å². The molecule has 2 atom stereocenters. The number of methoxy groups -OCH3 is 1. The van der Waals surface area contributed by atoms with Crippen molar-refractivity contribution in [3.05, 3.63) is 29.8 Å². The number of rotatable bonds is 5. The van der Waals surface area contributed by atoms with E-state index in [0.29, 0.717) is 5.25 Å². The second-order valence-corrected chi connectivity index (χ2v) is 6.93. The monoisotopic (exact) mass is 282 g/mol. The molecule has 2 unspecified atom stereocenters. The summed E-state index contributed by atoms with van der Waals surface area (Å²) >= 11 is 3.82. The van der Waals surface area contributed by atoms with E-state index in [1.54, 1.807) is 0 Å². The highest BCUT2D eigenvalue weighted by molar-refractivity contribution is 8.03. The van der Waals surface area contributed by atoms with Gasteiger partial charge in [-0.3, -0.25) is 4.79 Å². The molecular formula is C14H18O2S2. The van der Waals surface area contributed by atoms with Crippen LogP contribution in [0.4, 0.5) is 0 Å². The molecule has 2 rings (SSSR count). The lowest BCUT2D eigenvalue weighted by Gasteiger charge is -2.11. The van der Waals surface area contributed by atoms with Gasteiger partial charge in [-0.25, -0.2) is 0 Å². The molecule has 1 aromatic rings. The van der Waals surface area contributed by atoms with E-state index in [-0.39, 0.29) is 11.9 Å². The van der Waals surface area contributed by atoms with Crippen molar-refractivity contribution in [2.24, 2.45) is 5.92 Å². The number of esters is 1. The fraction of sp³-hybridized carbons (Fsp3) is 0.500. The van der Waals surface area contributed by atoms with Crippen molar-refractivity contribution in [2.45, 2.75) is 23.5 Å². The Labute approximate surface area is 117 Å². The van der Waals surface area contributed by atoms with Crippen molar-refractivity contribution in [1.82, 2.24) is 0 Å². The number of carbonyl (C=O) groups excluding carboxylic acids is 1. The molecule has 18 heavy (non-hydrogen) atoms. The number of ether oxygens (including phenoxy) is 1. The molecule has 0 fully saturated rings. The first-order valence-electron chi connectivity index (χ1n) is 6.11. The number of thioether (sulfide) groups is 2. The van der Waals surface area contributed by atoms with Gasteiger partial charge in [0.05, 0.1) is 13.0 Å². The quantitative estimate of drug-likeness (QED) is 0.775. The number of benzene rings is 1. The van der Waals surface area contributed by atoms with Gasteiger partial charge in [-0.1, -0.05) is 25.1 Å². The molecule has 1 aromatic carbocycles. The highest BCUT2D eigenvalue weighted by Gasteiger charge is 2.22. The molecule has 4 heteroatoms. The summed E-state index contributed by atoms with van der Waals surface area (Å²) in [6.45, 7) is 1.93. The predicted molar refractivity (Wildman–Crippen MR) is 78.3 cm³/mol. The first-order valence-corrected chi connectivity index (χ1v) is 8.14. The maximum atomic E-state index is 11.3. The van der Waals surface area contributed by atoms with Crippen LogP contribution in [-0.2, 0) is 16.0 Å². The fourth-order valence-corrected chi connectivity index (χ4v) is 4.64.